The molecule has 7 nitrogen and oxygen atoms in total. The number of carbonyl (C=O) groups excluding carboxylic acids is 1. The lowest BCUT2D eigenvalue weighted by Crippen LogP contribution is -2.04. The van der Waals surface area contributed by atoms with Gasteiger partial charge in [0.1, 0.15) is 5.69 Å². The minimum atomic E-state index is -0.477. The minimum Gasteiger partial charge on any atom is -0.465 e. The fourth-order valence-electron chi connectivity index (χ4n) is 1.89. The molecule has 3 aromatic rings. The van der Waals surface area contributed by atoms with Crippen molar-refractivity contribution in [2.45, 2.75) is 0 Å². The Hall–Kier alpha value is -2.41. The largest absolute Gasteiger partial charge is 0.465 e. The van der Waals surface area contributed by atoms with Crippen molar-refractivity contribution in [3.05, 3.63) is 35.1 Å². The fourth-order valence-corrected chi connectivity index (χ4v) is 2.14. The molecule has 0 fully saturated rings. The number of hydrogen-bond acceptors (Lipinski definition) is 5. The zero-order valence-corrected chi connectivity index (χ0v) is 11.5. The molecule has 0 radical (unpaired) electrons. The Morgan fingerprint density at radius 1 is 1.40 bits per heavy atom. The van der Waals surface area contributed by atoms with Gasteiger partial charge in [-0.2, -0.15) is 5.10 Å². The number of halogens is 1. The maximum Gasteiger partial charge on any atom is 0.339 e. The maximum atomic E-state index is 11.6. The molecule has 0 N–H and O–H groups in total. The van der Waals surface area contributed by atoms with E-state index in [-0.39, 0.29) is 0 Å². The SMILES string of the molecule is COC(=O)c1cc(Cl)c2nnc(-c3ccn(C)n3)n2c1. The Kier molecular flexibility index (Phi) is 2.90. The Morgan fingerprint density at radius 3 is 2.85 bits per heavy atom. The molecule has 0 atom stereocenters. The minimum absolute atomic E-state index is 0.321. The fraction of sp³-hybridized carbons (Fsp3) is 0.167. The molecule has 0 aliphatic heterocycles. The lowest BCUT2D eigenvalue weighted by atomic mass is 10.3. The molecule has 0 aliphatic carbocycles. The van der Waals surface area contributed by atoms with Gasteiger partial charge in [0.2, 0.25) is 0 Å². The number of rotatable bonds is 2. The number of methoxy groups -OCH3 is 1. The van der Waals surface area contributed by atoms with E-state index in [9.17, 15) is 4.79 Å². The van der Waals surface area contributed by atoms with Gasteiger partial charge < -0.3 is 4.74 Å². The summed E-state index contributed by atoms with van der Waals surface area (Å²) in [6.07, 6.45) is 3.37. The lowest BCUT2D eigenvalue weighted by molar-refractivity contribution is 0.0600. The van der Waals surface area contributed by atoms with Crippen LogP contribution < -0.4 is 0 Å². The molecule has 8 heteroatoms. The van der Waals surface area contributed by atoms with E-state index in [2.05, 4.69) is 15.3 Å². The van der Waals surface area contributed by atoms with E-state index in [1.807, 2.05) is 0 Å². The summed E-state index contributed by atoms with van der Waals surface area (Å²) in [4.78, 5) is 11.6. The Labute approximate surface area is 118 Å². The first-order chi connectivity index (χ1) is 9.60. The van der Waals surface area contributed by atoms with Crippen LogP contribution in [0.2, 0.25) is 5.02 Å². The van der Waals surface area contributed by atoms with Gasteiger partial charge in [-0.25, -0.2) is 4.79 Å². The quantitative estimate of drug-likeness (QED) is 0.670. The normalized spacial score (nSPS) is 10.9. The van der Waals surface area contributed by atoms with E-state index in [4.69, 9.17) is 16.3 Å². The van der Waals surface area contributed by atoms with Crippen molar-refractivity contribution in [2.24, 2.45) is 7.05 Å². The highest BCUT2D eigenvalue weighted by Gasteiger charge is 2.16. The van der Waals surface area contributed by atoms with Crippen LogP contribution in [-0.2, 0) is 11.8 Å². The van der Waals surface area contributed by atoms with E-state index in [0.29, 0.717) is 27.8 Å². The standard InChI is InChI=1S/C12H10ClN5O2/c1-17-4-3-9(16-17)11-15-14-10-8(13)5-7(6-18(10)11)12(19)20-2/h3-6H,1-2H3. The topological polar surface area (TPSA) is 74.3 Å². The molecule has 20 heavy (non-hydrogen) atoms. The molecule has 0 unspecified atom stereocenters. The molecule has 102 valence electrons. The molecule has 0 bridgehead atoms. The van der Waals surface area contributed by atoms with Crippen molar-refractivity contribution in [1.82, 2.24) is 24.4 Å². The van der Waals surface area contributed by atoms with Crippen molar-refractivity contribution < 1.29 is 9.53 Å². The van der Waals surface area contributed by atoms with E-state index in [1.54, 1.807) is 34.6 Å². The summed E-state index contributed by atoms with van der Waals surface area (Å²) < 4.78 is 7.97. The number of hydrogen-bond donors (Lipinski definition) is 0. The van der Waals surface area contributed by atoms with Crippen molar-refractivity contribution in [2.75, 3.05) is 7.11 Å². The summed E-state index contributed by atoms with van der Waals surface area (Å²) in [5.41, 5.74) is 1.42. The van der Waals surface area contributed by atoms with Crippen LogP contribution in [0.4, 0.5) is 0 Å². The third kappa shape index (κ3) is 1.92. The average Bonchev–Trinajstić information content (AvgIpc) is 3.03. The van der Waals surface area contributed by atoms with Crippen molar-refractivity contribution in [3.63, 3.8) is 0 Å². The van der Waals surface area contributed by atoms with Gasteiger partial charge in [-0.1, -0.05) is 11.6 Å². The number of aromatic nitrogens is 5. The number of fused-ring (bicyclic) bond motifs is 1. The van der Waals surface area contributed by atoms with Crippen LogP contribution in [0.3, 0.4) is 0 Å². The van der Waals surface area contributed by atoms with Gasteiger partial charge in [0.15, 0.2) is 11.5 Å². The van der Waals surface area contributed by atoms with Gasteiger partial charge >= 0.3 is 5.97 Å². The highest BCUT2D eigenvalue weighted by molar-refractivity contribution is 6.33. The van der Waals surface area contributed by atoms with Crippen molar-refractivity contribution in [3.8, 4) is 11.5 Å². The molecule has 0 amide bonds. The van der Waals surface area contributed by atoms with Crippen LogP contribution in [0.1, 0.15) is 10.4 Å². The first-order valence-corrected chi connectivity index (χ1v) is 6.10. The van der Waals surface area contributed by atoms with Crippen LogP contribution in [0.5, 0.6) is 0 Å². The van der Waals surface area contributed by atoms with Crippen LogP contribution in [0, 0.1) is 0 Å². The monoisotopic (exact) mass is 291 g/mol. The number of esters is 1. The second-order valence-corrected chi connectivity index (χ2v) is 4.57. The summed E-state index contributed by atoms with van der Waals surface area (Å²) in [6.45, 7) is 0. The van der Waals surface area contributed by atoms with Crippen molar-refractivity contribution in [1.29, 1.82) is 0 Å². The summed E-state index contributed by atoms with van der Waals surface area (Å²) in [6, 6.07) is 3.30. The van der Waals surface area contributed by atoms with Gasteiger partial charge in [-0.05, 0) is 12.1 Å². The van der Waals surface area contributed by atoms with E-state index in [0.717, 1.165) is 0 Å². The summed E-state index contributed by atoms with van der Waals surface area (Å²) in [5.74, 6) is 0.0303. The first kappa shape index (κ1) is 12.6. The molecule has 0 aliphatic rings. The molecule has 3 aromatic heterocycles. The van der Waals surface area contributed by atoms with Crippen LogP contribution >= 0.6 is 11.6 Å². The average molecular weight is 292 g/mol. The van der Waals surface area contributed by atoms with E-state index < -0.39 is 5.97 Å². The second-order valence-electron chi connectivity index (χ2n) is 4.16. The Morgan fingerprint density at radius 2 is 2.20 bits per heavy atom. The molecular formula is C12H10ClN5O2. The highest BCUT2D eigenvalue weighted by Crippen LogP contribution is 2.23. The molecule has 3 rings (SSSR count). The van der Waals surface area contributed by atoms with E-state index in [1.165, 1.54) is 13.2 Å². The van der Waals surface area contributed by atoms with Gasteiger partial charge in [-0.3, -0.25) is 9.08 Å². The van der Waals surface area contributed by atoms with Crippen molar-refractivity contribution >= 4 is 23.2 Å². The van der Waals surface area contributed by atoms with Crippen LogP contribution in [0.15, 0.2) is 24.5 Å². The molecule has 0 aromatic carbocycles. The maximum absolute atomic E-state index is 11.6. The number of aryl methyl sites for hydroxylation is 1. The summed E-state index contributed by atoms with van der Waals surface area (Å²) in [7, 11) is 3.12. The van der Waals surface area contributed by atoms with Crippen LogP contribution in [-0.4, -0.2) is 37.5 Å². The zero-order valence-electron chi connectivity index (χ0n) is 10.7. The third-order valence-electron chi connectivity index (χ3n) is 2.82. The lowest BCUT2D eigenvalue weighted by Gasteiger charge is -2.03. The highest BCUT2D eigenvalue weighted by atomic mass is 35.5. The Bertz CT molecular complexity index is 807. The van der Waals surface area contributed by atoms with Gasteiger partial charge in [0, 0.05) is 19.4 Å². The predicted molar refractivity (Wildman–Crippen MR) is 71.5 cm³/mol. The van der Waals surface area contributed by atoms with E-state index >= 15 is 0 Å². The molecule has 3 heterocycles. The second kappa shape index (κ2) is 4.61. The van der Waals surface area contributed by atoms with Gasteiger partial charge in [-0.15, -0.1) is 10.2 Å². The molecule has 0 saturated heterocycles. The summed E-state index contributed by atoms with van der Waals surface area (Å²) in [5, 5.41) is 12.7. The third-order valence-corrected chi connectivity index (χ3v) is 3.10. The smallest absolute Gasteiger partial charge is 0.339 e. The Balaban J connectivity index is 2.24. The number of ether oxygens (including phenoxy) is 1. The van der Waals surface area contributed by atoms with Gasteiger partial charge in [0.05, 0.1) is 17.7 Å². The molecular weight excluding hydrogens is 282 g/mol. The molecule has 0 saturated carbocycles. The number of carbonyl (C=O) groups is 1. The number of pyridine rings is 1. The first-order valence-electron chi connectivity index (χ1n) is 5.73. The molecule has 0 spiro atoms. The number of nitrogens with zero attached hydrogens (tertiary/aromatic N) is 5. The summed E-state index contributed by atoms with van der Waals surface area (Å²) >= 11 is 6.11. The van der Waals surface area contributed by atoms with Gasteiger partial charge in [0.25, 0.3) is 0 Å². The predicted octanol–water partition coefficient (Wildman–Crippen LogP) is 1.57. The zero-order chi connectivity index (χ0) is 14.3. The van der Waals surface area contributed by atoms with Crippen LogP contribution in [0.25, 0.3) is 17.2 Å².